The van der Waals surface area contributed by atoms with E-state index in [-0.39, 0.29) is 36.2 Å². The molecule has 0 bridgehead atoms. The fraction of sp³-hybridized carbons (Fsp3) is 0.350. The van der Waals surface area contributed by atoms with Crippen LogP contribution in [0.25, 0.3) is 0 Å². The van der Waals surface area contributed by atoms with Gasteiger partial charge in [0.1, 0.15) is 12.3 Å². The molecule has 0 spiro atoms. The van der Waals surface area contributed by atoms with Crippen LogP contribution < -0.4 is 9.03 Å². The Balaban J connectivity index is 1.66. The molecule has 1 aromatic rings. The Morgan fingerprint density at radius 3 is 2.57 bits per heavy atom. The van der Waals surface area contributed by atoms with Crippen molar-refractivity contribution in [3.8, 4) is 5.75 Å². The largest absolute Gasteiger partial charge is 0.506 e. The first-order chi connectivity index (χ1) is 14.1. The van der Waals surface area contributed by atoms with E-state index in [0.29, 0.717) is 24.0 Å². The normalized spacial score (nSPS) is 19.2. The van der Waals surface area contributed by atoms with Gasteiger partial charge < -0.3 is 5.11 Å². The number of nitrogens with one attached hydrogen (secondary N) is 1. The molecule has 1 fully saturated rings. The molecule has 0 atom stereocenters. The highest BCUT2D eigenvalue weighted by Gasteiger charge is 2.35. The van der Waals surface area contributed by atoms with Crippen molar-refractivity contribution in [1.29, 1.82) is 0 Å². The average molecular weight is 433 g/mol. The van der Waals surface area contributed by atoms with Gasteiger partial charge in [0.05, 0.1) is 5.69 Å². The van der Waals surface area contributed by atoms with Gasteiger partial charge in [-0.3, -0.25) is 19.3 Å². The third-order valence-electron chi connectivity index (χ3n) is 4.96. The highest BCUT2D eigenvalue weighted by molar-refractivity contribution is 7.92. The predicted octanol–water partition coefficient (Wildman–Crippen LogP) is 1.16. The smallest absolute Gasteiger partial charge is 0.326 e. The summed E-state index contributed by atoms with van der Waals surface area (Å²) in [7, 11) is -4.00. The summed E-state index contributed by atoms with van der Waals surface area (Å²) in [6, 6.07) is 4.49. The first-order valence-electron chi connectivity index (χ1n) is 9.46. The Labute approximate surface area is 174 Å². The Morgan fingerprint density at radius 1 is 1.23 bits per heavy atom. The van der Waals surface area contributed by atoms with Crippen molar-refractivity contribution in [1.82, 2.24) is 9.62 Å². The van der Waals surface area contributed by atoms with Crippen molar-refractivity contribution in [2.24, 2.45) is 0 Å². The lowest BCUT2D eigenvalue weighted by molar-refractivity contribution is -0.143. The number of hydrogen-bond donors (Lipinski definition) is 2. The molecule has 0 unspecified atom stereocenters. The summed E-state index contributed by atoms with van der Waals surface area (Å²) in [4.78, 5) is 37.4. The van der Waals surface area contributed by atoms with E-state index in [0.717, 1.165) is 9.88 Å². The topological polar surface area (TPSA) is 124 Å². The summed E-state index contributed by atoms with van der Waals surface area (Å²) in [5.74, 6) is -1.49. The number of aromatic hydroxyl groups is 1. The quantitative estimate of drug-likeness (QED) is 0.649. The second-order valence-corrected chi connectivity index (χ2v) is 8.78. The van der Waals surface area contributed by atoms with Gasteiger partial charge in [0, 0.05) is 18.5 Å². The Hall–Kier alpha value is -3.14. The second kappa shape index (κ2) is 8.31. The van der Waals surface area contributed by atoms with Crippen LogP contribution in [0.15, 0.2) is 41.5 Å². The van der Waals surface area contributed by atoms with E-state index in [2.05, 4.69) is 0 Å². The van der Waals surface area contributed by atoms with E-state index in [4.69, 9.17) is 0 Å². The van der Waals surface area contributed by atoms with Crippen molar-refractivity contribution in [3.05, 3.63) is 47.1 Å². The minimum atomic E-state index is -4.00. The molecule has 2 heterocycles. The van der Waals surface area contributed by atoms with Crippen molar-refractivity contribution < 1.29 is 27.9 Å². The number of benzene rings is 1. The number of nitrogens with zero attached hydrogens (tertiary/aromatic N) is 2. The van der Waals surface area contributed by atoms with Crippen LogP contribution in [0.3, 0.4) is 0 Å². The number of phenols is 1. The SMILES string of the molecule is C/C=C\C1=C(C)CC(=O)N(CCCc2ccc(N3CC(=O)NS3(=O)=O)c(O)c2)C1=O. The first kappa shape index (κ1) is 21.6. The summed E-state index contributed by atoms with van der Waals surface area (Å²) in [5.41, 5.74) is 2.01. The summed E-state index contributed by atoms with van der Waals surface area (Å²) in [6.45, 7) is 3.43. The van der Waals surface area contributed by atoms with Crippen LogP contribution >= 0.6 is 0 Å². The summed E-state index contributed by atoms with van der Waals surface area (Å²) in [5, 5.41) is 10.2. The van der Waals surface area contributed by atoms with Crippen LogP contribution in [-0.4, -0.2) is 49.2 Å². The fourth-order valence-electron chi connectivity index (χ4n) is 3.50. The number of carbonyl (C=O) groups excluding carboxylic acids is 3. The van der Waals surface area contributed by atoms with E-state index in [9.17, 15) is 27.9 Å². The first-order valence-corrected chi connectivity index (χ1v) is 10.9. The van der Waals surface area contributed by atoms with Gasteiger partial charge in [-0.1, -0.05) is 23.8 Å². The number of rotatable bonds is 6. The molecule has 0 aliphatic carbocycles. The van der Waals surface area contributed by atoms with Crippen LogP contribution in [0.1, 0.15) is 32.3 Å². The molecule has 2 aliphatic heterocycles. The summed E-state index contributed by atoms with van der Waals surface area (Å²) in [6.07, 6.45) is 4.63. The molecule has 3 amide bonds. The molecular weight excluding hydrogens is 410 g/mol. The van der Waals surface area contributed by atoms with Crippen molar-refractivity contribution in [2.75, 3.05) is 17.4 Å². The van der Waals surface area contributed by atoms with Gasteiger partial charge >= 0.3 is 10.2 Å². The molecule has 2 aliphatic rings. The van der Waals surface area contributed by atoms with Crippen molar-refractivity contribution in [3.63, 3.8) is 0 Å². The molecule has 1 aromatic carbocycles. The molecule has 2 N–H and O–H groups in total. The van der Waals surface area contributed by atoms with Crippen molar-refractivity contribution >= 4 is 33.6 Å². The van der Waals surface area contributed by atoms with Crippen molar-refractivity contribution in [2.45, 2.75) is 33.1 Å². The zero-order valence-electron chi connectivity index (χ0n) is 16.7. The van der Waals surface area contributed by atoms with Crippen LogP contribution in [-0.2, 0) is 31.0 Å². The lowest BCUT2D eigenvalue weighted by Gasteiger charge is -2.27. The maximum atomic E-state index is 12.6. The average Bonchev–Trinajstić information content (AvgIpc) is 2.93. The number of imide groups is 1. The van der Waals surface area contributed by atoms with Gasteiger partial charge in [-0.2, -0.15) is 8.42 Å². The minimum Gasteiger partial charge on any atom is -0.506 e. The Kier molecular flexibility index (Phi) is 5.97. The molecule has 9 nitrogen and oxygen atoms in total. The van der Waals surface area contributed by atoms with Gasteiger partial charge in [-0.15, -0.1) is 0 Å². The molecular formula is C20H23N3O6S. The molecule has 0 aromatic heterocycles. The number of anilines is 1. The van der Waals surface area contributed by atoms with Gasteiger partial charge in [-0.25, -0.2) is 9.03 Å². The minimum absolute atomic E-state index is 0.00935. The lowest BCUT2D eigenvalue weighted by atomic mass is 9.99. The van der Waals surface area contributed by atoms with Crippen LogP contribution in [0.5, 0.6) is 5.75 Å². The highest BCUT2D eigenvalue weighted by atomic mass is 32.2. The molecule has 0 saturated carbocycles. The van der Waals surface area contributed by atoms with Crippen LogP contribution in [0.2, 0.25) is 0 Å². The fourth-order valence-corrected chi connectivity index (χ4v) is 4.67. The molecule has 1 saturated heterocycles. The van der Waals surface area contributed by atoms with Crippen LogP contribution in [0, 0.1) is 0 Å². The zero-order valence-corrected chi connectivity index (χ0v) is 17.5. The predicted molar refractivity (Wildman–Crippen MR) is 110 cm³/mol. The summed E-state index contributed by atoms with van der Waals surface area (Å²) < 4.78 is 26.5. The number of carbonyl (C=O) groups is 3. The van der Waals surface area contributed by atoms with Gasteiger partial charge in [0.2, 0.25) is 5.91 Å². The van der Waals surface area contributed by atoms with E-state index in [1.165, 1.54) is 17.0 Å². The number of phenolic OH excluding ortho intramolecular Hbond substituents is 1. The third-order valence-corrected chi connectivity index (χ3v) is 6.35. The van der Waals surface area contributed by atoms with Crippen LogP contribution in [0.4, 0.5) is 5.69 Å². The zero-order chi connectivity index (χ0) is 22.1. The monoisotopic (exact) mass is 433 g/mol. The number of allylic oxidation sites excluding steroid dienone is 1. The standard InChI is InChI=1S/C20H23N3O6S/c1-3-5-15-13(2)10-19(26)22(20(15)27)9-4-6-14-7-8-16(17(24)11-14)23-12-18(25)21-30(23,28)29/h3,5,7-8,11,24H,4,6,9-10,12H2,1-2H3,(H,21,25)/b5-3-. The lowest BCUT2D eigenvalue weighted by Crippen LogP contribution is -2.41. The Bertz CT molecular complexity index is 1070. The third kappa shape index (κ3) is 4.23. The molecule has 30 heavy (non-hydrogen) atoms. The molecule has 160 valence electrons. The Morgan fingerprint density at radius 2 is 1.97 bits per heavy atom. The number of amides is 3. The van der Waals surface area contributed by atoms with E-state index in [1.54, 1.807) is 25.1 Å². The summed E-state index contributed by atoms with van der Waals surface area (Å²) >= 11 is 0. The number of hydrogen-bond acceptors (Lipinski definition) is 6. The second-order valence-electron chi connectivity index (χ2n) is 7.18. The number of aryl methyl sites for hydroxylation is 1. The van der Waals surface area contributed by atoms with E-state index >= 15 is 0 Å². The molecule has 10 heteroatoms. The molecule has 3 rings (SSSR count). The molecule has 0 radical (unpaired) electrons. The van der Waals surface area contributed by atoms with E-state index in [1.807, 2.05) is 11.6 Å². The van der Waals surface area contributed by atoms with Gasteiger partial charge in [-0.05, 0) is 44.4 Å². The maximum Gasteiger partial charge on any atom is 0.326 e. The van der Waals surface area contributed by atoms with Gasteiger partial charge in [0.25, 0.3) is 11.8 Å². The van der Waals surface area contributed by atoms with E-state index < -0.39 is 22.7 Å². The van der Waals surface area contributed by atoms with Gasteiger partial charge in [0.15, 0.2) is 0 Å². The maximum absolute atomic E-state index is 12.6. The highest BCUT2D eigenvalue weighted by Crippen LogP contribution is 2.31.